The molecular weight excluding hydrogens is 769 g/mol. The van der Waals surface area contributed by atoms with E-state index in [4.69, 9.17) is 14.2 Å². The minimum absolute atomic E-state index is 0.0307. The van der Waals surface area contributed by atoms with Crippen LogP contribution < -0.4 is 24.8 Å². The summed E-state index contributed by atoms with van der Waals surface area (Å²) in [5.41, 5.74) is 4.87. The van der Waals surface area contributed by atoms with Crippen LogP contribution in [0.3, 0.4) is 0 Å². The van der Waals surface area contributed by atoms with Gasteiger partial charge in [-0.25, -0.2) is 0 Å². The highest BCUT2D eigenvalue weighted by Crippen LogP contribution is 2.36. The van der Waals surface area contributed by atoms with Crippen molar-refractivity contribution in [2.24, 2.45) is 0 Å². The predicted molar refractivity (Wildman–Crippen MR) is 235 cm³/mol. The number of fused-ring (bicyclic) bond motifs is 2. The van der Waals surface area contributed by atoms with Crippen LogP contribution in [-0.4, -0.2) is 52.3 Å². The van der Waals surface area contributed by atoms with Gasteiger partial charge in [0.15, 0.2) is 13.2 Å². The molecule has 11 nitrogen and oxygen atoms in total. The highest BCUT2D eigenvalue weighted by molar-refractivity contribution is 5.87. The van der Waals surface area contributed by atoms with Gasteiger partial charge in [-0.15, -0.1) is 0 Å². The Hall–Kier alpha value is -7.92. The number of methoxy groups -OCH3 is 1. The van der Waals surface area contributed by atoms with Gasteiger partial charge in [0.2, 0.25) is 0 Å². The molecule has 4 N–H and O–H groups in total. The second-order valence-corrected chi connectivity index (χ2v) is 14.0. The first-order chi connectivity index (χ1) is 29.8. The van der Waals surface area contributed by atoms with Crippen molar-refractivity contribution < 1.29 is 34.0 Å². The van der Waals surface area contributed by atoms with E-state index in [2.05, 4.69) is 20.6 Å². The molecule has 6 aromatic carbocycles. The van der Waals surface area contributed by atoms with Crippen molar-refractivity contribution in [3.8, 4) is 28.7 Å². The first-order valence-electron chi connectivity index (χ1n) is 19.6. The molecule has 11 heteroatoms. The first-order valence-corrected chi connectivity index (χ1v) is 19.6. The zero-order valence-electron chi connectivity index (χ0n) is 33.6. The van der Waals surface area contributed by atoms with Crippen molar-refractivity contribution >= 4 is 33.6 Å². The normalized spacial score (nSPS) is 11.7. The maximum Gasteiger partial charge on any atom is 0.258 e. The second-order valence-electron chi connectivity index (χ2n) is 14.0. The van der Waals surface area contributed by atoms with Crippen LogP contribution in [0.5, 0.6) is 28.7 Å². The number of ether oxygens (including phenoxy) is 3. The average Bonchev–Trinajstić information content (AvgIpc) is 3.31. The molecule has 2 unspecified atom stereocenters. The van der Waals surface area contributed by atoms with E-state index in [1.807, 2.05) is 134 Å². The summed E-state index contributed by atoms with van der Waals surface area (Å²) >= 11 is 0. The third-order valence-corrected chi connectivity index (χ3v) is 9.88. The Morgan fingerprint density at radius 1 is 0.525 bits per heavy atom. The van der Waals surface area contributed by atoms with E-state index < -0.39 is 12.1 Å². The van der Waals surface area contributed by atoms with Gasteiger partial charge in [-0.1, -0.05) is 115 Å². The number of carbonyl (C=O) groups is 2. The van der Waals surface area contributed by atoms with Crippen LogP contribution in [0.2, 0.25) is 0 Å². The molecule has 8 rings (SSSR count). The van der Waals surface area contributed by atoms with Crippen molar-refractivity contribution in [2.75, 3.05) is 20.3 Å². The largest absolute Gasteiger partial charge is 0.505 e. The van der Waals surface area contributed by atoms with Crippen LogP contribution in [0.4, 0.5) is 0 Å². The van der Waals surface area contributed by atoms with Crippen molar-refractivity contribution in [3.05, 3.63) is 198 Å². The molecule has 0 saturated heterocycles. The summed E-state index contributed by atoms with van der Waals surface area (Å²) in [6.07, 6.45) is 3.26. The van der Waals surface area contributed by atoms with Crippen molar-refractivity contribution in [2.45, 2.75) is 19.0 Å². The van der Waals surface area contributed by atoms with Gasteiger partial charge >= 0.3 is 0 Å². The number of hydrogen-bond donors (Lipinski definition) is 4. The number of aryl methyl sites for hydroxylation is 1. The SMILES string of the molecule is COc1ccc(C(NC(=O)COc2ccccc2)c2ccc3cccnc3c2O)cc1.Cc1ccc(C(NC(=O)COc2ccccc2)c2ccc3cccnc3c2O)cc1. The number of aromatic nitrogens is 2. The molecule has 0 fully saturated rings. The zero-order chi connectivity index (χ0) is 42.6. The van der Waals surface area contributed by atoms with Crippen LogP contribution in [0.1, 0.15) is 39.9 Å². The highest BCUT2D eigenvalue weighted by atomic mass is 16.5. The number of carbonyl (C=O) groups excluding carboxylic acids is 2. The Morgan fingerprint density at radius 3 is 1.38 bits per heavy atom. The minimum Gasteiger partial charge on any atom is -0.505 e. The quantitative estimate of drug-likeness (QED) is 0.0896. The molecule has 8 aromatic rings. The Bertz CT molecular complexity index is 2710. The molecule has 0 saturated carbocycles. The number of pyridine rings is 2. The summed E-state index contributed by atoms with van der Waals surface area (Å²) in [6.45, 7) is 1.73. The fourth-order valence-corrected chi connectivity index (χ4v) is 6.73. The number of nitrogens with one attached hydrogen (secondary N) is 2. The number of para-hydroxylation sites is 2. The number of phenols is 2. The van der Waals surface area contributed by atoms with E-state index >= 15 is 0 Å². The van der Waals surface area contributed by atoms with Gasteiger partial charge in [-0.2, -0.15) is 0 Å². The number of benzene rings is 6. The van der Waals surface area contributed by atoms with E-state index in [-0.39, 0.29) is 36.5 Å². The van der Waals surface area contributed by atoms with Crippen LogP contribution in [-0.2, 0) is 9.59 Å². The Kier molecular flexibility index (Phi) is 13.3. The van der Waals surface area contributed by atoms with Crippen LogP contribution in [0.15, 0.2) is 170 Å². The van der Waals surface area contributed by atoms with Crippen LogP contribution >= 0.6 is 0 Å². The number of aromatic hydroxyl groups is 2. The monoisotopic (exact) mass is 812 g/mol. The molecule has 0 bridgehead atoms. The van der Waals surface area contributed by atoms with E-state index in [1.54, 1.807) is 49.8 Å². The molecule has 2 atom stereocenters. The summed E-state index contributed by atoms with van der Waals surface area (Å²) in [5.74, 6) is 1.42. The first kappa shape index (κ1) is 41.2. The van der Waals surface area contributed by atoms with Crippen molar-refractivity contribution in [3.63, 3.8) is 0 Å². The third-order valence-electron chi connectivity index (χ3n) is 9.88. The minimum atomic E-state index is -0.593. The molecule has 306 valence electrons. The standard InChI is InChI=1S/C25H22N2O4.C25H22N2O3/c1-30-19-12-9-18(10-13-19)23(27-22(28)16-31-20-7-3-2-4-8-20)21-14-11-17-6-5-15-26-24(17)25(21)29;1-17-9-11-19(12-10-17)23(27-22(28)16-30-20-7-3-2-4-8-20)21-14-13-18-6-5-15-26-24(18)25(21)29/h2-15,23,29H,16H2,1H3,(H,27,28);2-15,23,29H,16H2,1H3,(H,27,28). The predicted octanol–water partition coefficient (Wildman–Crippen LogP) is 8.77. The van der Waals surface area contributed by atoms with Gasteiger partial charge in [0, 0.05) is 34.3 Å². The number of nitrogens with zero attached hydrogens (tertiary/aromatic N) is 2. The van der Waals surface area contributed by atoms with Crippen LogP contribution in [0.25, 0.3) is 21.8 Å². The van der Waals surface area contributed by atoms with E-state index in [9.17, 15) is 19.8 Å². The number of hydrogen-bond acceptors (Lipinski definition) is 9. The van der Waals surface area contributed by atoms with E-state index in [1.165, 1.54) is 0 Å². The lowest BCUT2D eigenvalue weighted by Gasteiger charge is -2.22. The zero-order valence-corrected chi connectivity index (χ0v) is 33.6. The molecule has 0 aliphatic heterocycles. The number of phenolic OH excluding ortho intramolecular Hbond substituents is 2. The molecule has 0 radical (unpaired) electrons. The lowest BCUT2D eigenvalue weighted by atomic mass is 9.95. The Balaban J connectivity index is 0.000000184. The second kappa shape index (κ2) is 19.7. The summed E-state index contributed by atoms with van der Waals surface area (Å²) in [4.78, 5) is 34.0. The summed E-state index contributed by atoms with van der Waals surface area (Å²) < 4.78 is 16.4. The van der Waals surface area contributed by atoms with Crippen molar-refractivity contribution in [1.82, 2.24) is 20.6 Å². The molecule has 2 heterocycles. The fourth-order valence-electron chi connectivity index (χ4n) is 6.73. The number of amides is 2. The van der Waals surface area contributed by atoms with E-state index in [0.29, 0.717) is 39.4 Å². The Labute approximate surface area is 353 Å². The Morgan fingerprint density at radius 2 is 0.951 bits per heavy atom. The van der Waals surface area contributed by atoms with Gasteiger partial charge in [0.05, 0.1) is 19.2 Å². The molecule has 61 heavy (non-hydrogen) atoms. The topological polar surface area (TPSA) is 152 Å². The van der Waals surface area contributed by atoms with E-state index in [0.717, 1.165) is 27.5 Å². The highest BCUT2D eigenvalue weighted by Gasteiger charge is 2.24. The van der Waals surface area contributed by atoms with Gasteiger partial charge in [-0.05, 0) is 66.6 Å². The van der Waals surface area contributed by atoms with Gasteiger partial charge < -0.3 is 35.1 Å². The average molecular weight is 813 g/mol. The van der Waals surface area contributed by atoms with Crippen LogP contribution in [0, 0.1) is 6.92 Å². The fraction of sp³-hybridized carbons (Fsp3) is 0.120. The molecule has 2 amide bonds. The van der Waals surface area contributed by atoms with Gasteiger partial charge in [0.25, 0.3) is 11.8 Å². The van der Waals surface area contributed by atoms with Crippen molar-refractivity contribution in [1.29, 1.82) is 0 Å². The molecular formula is C50H44N4O7. The lowest BCUT2D eigenvalue weighted by molar-refractivity contribution is -0.124. The van der Waals surface area contributed by atoms with Gasteiger partial charge in [0.1, 0.15) is 39.8 Å². The molecule has 0 aliphatic carbocycles. The lowest BCUT2D eigenvalue weighted by Crippen LogP contribution is -2.33. The summed E-state index contributed by atoms with van der Waals surface area (Å²) in [6, 6.07) is 47.1. The molecule has 0 spiro atoms. The number of rotatable bonds is 13. The molecule has 2 aromatic heterocycles. The van der Waals surface area contributed by atoms with Gasteiger partial charge in [-0.3, -0.25) is 19.6 Å². The maximum atomic E-state index is 12.7. The maximum absolute atomic E-state index is 12.7. The third kappa shape index (κ3) is 10.4. The summed E-state index contributed by atoms with van der Waals surface area (Å²) in [5, 5.41) is 29.5. The smallest absolute Gasteiger partial charge is 0.258 e. The molecule has 0 aliphatic rings. The summed E-state index contributed by atoms with van der Waals surface area (Å²) in [7, 11) is 1.59.